The van der Waals surface area contributed by atoms with Gasteiger partial charge in [0.05, 0.1) is 30.8 Å². The number of methoxy groups -OCH3 is 1. The number of benzene rings is 1. The van der Waals surface area contributed by atoms with Crippen LogP contribution in [0.15, 0.2) is 26.8 Å². The van der Waals surface area contributed by atoms with Crippen LogP contribution in [0.25, 0.3) is 0 Å². The molecule has 0 N–H and O–H groups in total. The number of hydrogen-bond donors (Lipinski definition) is 0. The molecule has 0 atom stereocenters. The Bertz CT molecular complexity index is 1340. The summed E-state index contributed by atoms with van der Waals surface area (Å²) in [6.45, 7) is 6.59. The van der Waals surface area contributed by atoms with Gasteiger partial charge in [-0.15, -0.1) is 21.5 Å². The molecule has 1 saturated heterocycles. The zero-order valence-electron chi connectivity index (χ0n) is 21.7. The second kappa shape index (κ2) is 11.3. The molecule has 0 spiro atoms. The fourth-order valence-corrected chi connectivity index (χ4v) is 6.73. The van der Waals surface area contributed by atoms with Crippen LogP contribution in [0.5, 0.6) is 5.75 Å². The molecule has 0 saturated carbocycles. The van der Waals surface area contributed by atoms with E-state index in [1.807, 2.05) is 5.38 Å². The number of carbonyl (C=O) groups is 1. The highest BCUT2D eigenvalue weighted by Crippen LogP contribution is 2.28. The summed E-state index contributed by atoms with van der Waals surface area (Å²) < 4.78 is 38.4. The maximum absolute atomic E-state index is 13.3. The average Bonchev–Trinajstić information content (AvgIpc) is 3.61. The molecule has 13 heteroatoms. The Balaban J connectivity index is 1.39. The van der Waals surface area contributed by atoms with Crippen LogP contribution in [0, 0.1) is 13.8 Å². The number of hydrogen-bond acceptors (Lipinski definition) is 10. The quantitative estimate of drug-likeness (QED) is 0.376. The number of sulfonamides is 1. The normalized spacial score (nSPS) is 14.4. The second-order valence-corrected chi connectivity index (χ2v) is 12.2. The van der Waals surface area contributed by atoms with Crippen LogP contribution in [0.4, 0.5) is 0 Å². The molecule has 11 nitrogen and oxygen atoms in total. The van der Waals surface area contributed by atoms with Gasteiger partial charge in [0, 0.05) is 26.0 Å². The minimum atomic E-state index is -3.85. The molecule has 1 aliphatic heterocycles. The number of ether oxygens (including phenoxy) is 1. The number of aryl methyl sites for hydroxylation is 2. The highest BCUT2D eigenvalue weighted by Gasteiger charge is 2.28. The molecule has 1 fully saturated rings. The van der Waals surface area contributed by atoms with Crippen molar-refractivity contribution in [3.63, 3.8) is 0 Å². The highest BCUT2D eigenvalue weighted by molar-refractivity contribution is 7.89. The summed E-state index contributed by atoms with van der Waals surface area (Å²) in [7, 11) is 0.746. The van der Waals surface area contributed by atoms with Crippen LogP contribution in [0.1, 0.15) is 51.2 Å². The maximum atomic E-state index is 13.3. The van der Waals surface area contributed by atoms with Crippen molar-refractivity contribution in [1.82, 2.24) is 29.3 Å². The Kier molecular flexibility index (Phi) is 8.26. The van der Waals surface area contributed by atoms with Gasteiger partial charge in [-0.2, -0.15) is 4.31 Å². The summed E-state index contributed by atoms with van der Waals surface area (Å²) in [6.07, 6.45) is 2.45. The summed E-state index contributed by atoms with van der Waals surface area (Å²) >= 11 is 1.51. The van der Waals surface area contributed by atoms with Gasteiger partial charge in [0.1, 0.15) is 10.8 Å². The molecule has 3 aromatic rings. The van der Waals surface area contributed by atoms with Crippen molar-refractivity contribution >= 4 is 27.3 Å². The van der Waals surface area contributed by atoms with Crippen molar-refractivity contribution in [2.45, 2.75) is 51.2 Å². The zero-order valence-corrected chi connectivity index (χ0v) is 23.4. The number of likely N-dealkylation sites (tertiary alicyclic amines) is 1. The highest BCUT2D eigenvalue weighted by atomic mass is 32.2. The molecule has 3 heterocycles. The third kappa shape index (κ3) is 6.17. The second-order valence-electron chi connectivity index (χ2n) is 9.23. The zero-order chi connectivity index (χ0) is 26.7. The fourth-order valence-electron chi connectivity index (χ4n) is 4.37. The Labute approximate surface area is 221 Å². The molecule has 1 aliphatic rings. The minimum Gasteiger partial charge on any atom is -0.497 e. The van der Waals surface area contributed by atoms with E-state index in [-0.39, 0.29) is 23.2 Å². The molecule has 0 bridgehead atoms. The minimum absolute atomic E-state index is 0.0220. The van der Waals surface area contributed by atoms with E-state index in [2.05, 4.69) is 20.1 Å². The Morgan fingerprint density at radius 1 is 1.14 bits per heavy atom. The molecule has 1 aromatic carbocycles. The number of rotatable bonds is 10. The predicted molar refractivity (Wildman–Crippen MR) is 138 cm³/mol. The molecule has 0 aliphatic carbocycles. The Morgan fingerprint density at radius 3 is 2.46 bits per heavy atom. The molecule has 1 amide bonds. The van der Waals surface area contributed by atoms with Crippen LogP contribution in [0.2, 0.25) is 0 Å². The summed E-state index contributed by atoms with van der Waals surface area (Å²) in [6, 6.07) is 3.34. The van der Waals surface area contributed by atoms with Crippen molar-refractivity contribution in [3.8, 4) is 5.75 Å². The van der Waals surface area contributed by atoms with E-state index in [1.54, 1.807) is 33.0 Å². The smallest absolute Gasteiger partial charge is 0.311 e. The molecular formula is C24H32N6O5S2. The van der Waals surface area contributed by atoms with Gasteiger partial charge in [-0.3, -0.25) is 9.69 Å². The van der Waals surface area contributed by atoms with Crippen LogP contribution in [-0.2, 0) is 29.7 Å². The van der Waals surface area contributed by atoms with Crippen LogP contribution >= 0.6 is 11.3 Å². The number of amides is 1. The third-order valence-corrected chi connectivity index (χ3v) is 9.24. The lowest BCUT2D eigenvalue weighted by Crippen LogP contribution is -2.28. The van der Waals surface area contributed by atoms with Gasteiger partial charge in [0.25, 0.3) is 0 Å². The number of aromatic nitrogens is 3. The van der Waals surface area contributed by atoms with E-state index in [9.17, 15) is 13.2 Å². The van der Waals surface area contributed by atoms with Crippen LogP contribution < -0.4 is 4.74 Å². The van der Waals surface area contributed by atoms with Gasteiger partial charge in [0.15, 0.2) is 0 Å². The topological polar surface area (TPSA) is 122 Å². The van der Waals surface area contributed by atoms with E-state index in [0.29, 0.717) is 23.4 Å². The lowest BCUT2D eigenvalue weighted by atomic mass is 10.1. The Morgan fingerprint density at radius 2 is 1.81 bits per heavy atom. The predicted octanol–water partition coefficient (Wildman–Crippen LogP) is 2.84. The van der Waals surface area contributed by atoms with Crippen molar-refractivity contribution in [1.29, 1.82) is 0 Å². The standard InChI is InChI=1S/C24H32N6O5S2/c1-16-10-19(34-5)11-17(2)22(16)37(32,33)29(4)13-20-26-27-23(35-20)24(31)28(3)14-21-25-18(15-36-21)12-30-8-6-7-9-30/h10-11,15H,6-9,12-14H2,1-5H3. The van der Waals surface area contributed by atoms with Gasteiger partial charge in [-0.1, -0.05) is 0 Å². The van der Waals surface area contributed by atoms with Gasteiger partial charge < -0.3 is 14.1 Å². The number of nitrogens with zero attached hydrogens (tertiary/aromatic N) is 6. The van der Waals surface area contributed by atoms with E-state index in [1.165, 1.54) is 43.2 Å². The first kappa shape index (κ1) is 27.2. The maximum Gasteiger partial charge on any atom is 0.311 e. The van der Waals surface area contributed by atoms with Crippen LogP contribution in [-0.4, -0.2) is 77.9 Å². The first-order chi connectivity index (χ1) is 17.6. The molecule has 4 rings (SSSR count). The van der Waals surface area contributed by atoms with E-state index in [0.717, 1.165) is 34.6 Å². The van der Waals surface area contributed by atoms with Gasteiger partial charge >= 0.3 is 11.8 Å². The van der Waals surface area contributed by atoms with Crippen molar-refractivity contribution < 1.29 is 22.4 Å². The lowest BCUT2D eigenvalue weighted by molar-refractivity contribution is 0.0742. The van der Waals surface area contributed by atoms with E-state index in [4.69, 9.17) is 9.15 Å². The average molecular weight is 549 g/mol. The molecular weight excluding hydrogens is 516 g/mol. The van der Waals surface area contributed by atoms with Crippen molar-refractivity contribution in [2.75, 3.05) is 34.3 Å². The SMILES string of the molecule is COc1cc(C)c(S(=O)(=O)N(C)Cc2nnc(C(=O)N(C)Cc3nc(CN4CCCC4)cs3)o2)c(C)c1. The van der Waals surface area contributed by atoms with Gasteiger partial charge in [-0.05, 0) is 63.0 Å². The third-order valence-electron chi connectivity index (χ3n) is 6.25. The van der Waals surface area contributed by atoms with Gasteiger partial charge in [0.2, 0.25) is 15.9 Å². The van der Waals surface area contributed by atoms with Crippen molar-refractivity contribution in [3.05, 3.63) is 51.1 Å². The van der Waals surface area contributed by atoms with E-state index >= 15 is 0 Å². The van der Waals surface area contributed by atoms with Gasteiger partial charge in [-0.25, -0.2) is 13.4 Å². The summed E-state index contributed by atoms with van der Waals surface area (Å²) in [4.78, 5) is 21.5. The summed E-state index contributed by atoms with van der Waals surface area (Å²) in [5.74, 6) is -0.0496. The van der Waals surface area contributed by atoms with Crippen molar-refractivity contribution in [2.24, 2.45) is 0 Å². The molecule has 0 unspecified atom stereocenters. The first-order valence-electron chi connectivity index (χ1n) is 11.9. The summed E-state index contributed by atoms with van der Waals surface area (Å²) in [5, 5.41) is 10.6. The lowest BCUT2D eigenvalue weighted by Gasteiger charge is -2.19. The molecule has 37 heavy (non-hydrogen) atoms. The molecule has 2 aromatic heterocycles. The first-order valence-corrected chi connectivity index (χ1v) is 14.3. The largest absolute Gasteiger partial charge is 0.497 e. The Hall–Kier alpha value is -2.87. The number of carbonyl (C=O) groups excluding carboxylic acids is 1. The number of thiazole rings is 1. The summed E-state index contributed by atoms with van der Waals surface area (Å²) in [5.41, 5.74) is 2.14. The van der Waals surface area contributed by atoms with E-state index < -0.39 is 15.9 Å². The molecule has 0 radical (unpaired) electrons. The van der Waals surface area contributed by atoms with Crippen LogP contribution in [0.3, 0.4) is 0 Å². The molecule has 200 valence electrons. The monoisotopic (exact) mass is 548 g/mol. The fraction of sp³-hybridized carbons (Fsp3) is 0.500.